The van der Waals surface area contributed by atoms with Crippen molar-refractivity contribution in [1.82, 2.24) is 19.7 Å². The number of pyridine rings is 1. The Morgan fingerprint density at radius 2 is 1.96 bits per heavy atom. The molecule has 2 aromatic heterocycles. The van der Waals surface area contributed by atoms with Gasteiger partial charge in [-0.15, -0.1) is 0 Å². The molecule has 0 bridgehead atoms. The maximum atomic E-state index is 12.7. The Hall–Kier alpha value is -2.51. The van der Waals surface area contributed by atoms with Gasteiger partial charge in [0.25, 0.3) is 0 Å². The van der Waals surface area contributed by atoms with Crippen LogP contribution in [0, 0.1) is 0 Å². The lowest BCUT2D eigenvalue weighted by Crippen LogP contribution is -2.49. The van der Waals surface area contributed by atoms with Crippen LogP contribution in [-0.4, -0.2) is 58.9 Å². The molecule has 28 heavy (non-hydrogen) atoms. The fraction of sp³-hybridized carbons (Fsp3) is 0.316. The highest BCUT2D eigenvalue weighted by molar-refractivity contribution is 6.34. The van der Waals surface area contributed by atoms with Crippen molar-refractivity contribution < 1.29 is 9.53 Å². The van der Waals surface area contributed by atoms with E-state index in [1.54, 1.807) is 30.3 Å². The van der Waals surface area contributed by atoms with Crippen molar-refractivity contribution in [3.05, 3.63) is 46.8 Å². The van der Waals surface area contributed by atoms with Gasteiger partial charge in [-0.1, -0.05) is 23.2 Å². The standard InChI is InChI=1S/C19H19Cl2N5O2/c1-28-17-10-13(2-3-15(17)20)24-6-8-25(9-7-24)18(27)12-26-11-14-16(23-26)4-5-22-19(14)21/h2-5,10-11H,6-9,12H2,1H3. The average Bonchev–Trinajstić information content (AvgIpc) is 3.12. The van der Waals surface area contributed by atoms with Crippen LogP contribution in [0.15, 0.2) is 36.7 Å². The van der Waals surface area contributed by atoms with Crippen molar-refractivity contribution in [3.63, 3.8) is 0 Å². The number of aromatic nitrogens is 3. The first-order chi connectivity index (χ1) is 13.5. The van der Waals surface area contributed by atoms with E-state index in [9.17, 15) is 4.79 Å². The van der Waals surface area contributed by atoms with E-state index in [2.05, 4.69) is 15.0 Å². The summed E-state index contributed by atoms with van der Waals surface area (Å²) in [6.07, 6.45) is 3.37. The van der Waals surface area contributed by atoms with E-state index in [1.807, 2.05) is 23.1 Å². The zero-order valence-electron chi connectivity index (χ0n) is 15.3. The van der Waals surface area contributed by atoms with Crippen LogP contribution in [-0.2, 0) is 11.3 Å². The number of amides is 1. The van der Waals surface area contributed by atoms with E-state index >= 15 is 0 Å². The molecule has 1 aromatic carbocycles. The minimum absolute atomic E-state index is 0.0326. The maximum Gasteiger partial charge on any atom is 0.244 e. The average molecular weight is 420 g/mol. The first kappa shape index (κ1) is 18.8. The van der Waals surface area contributed by atoms with Gasteiger partial charge in [-0.05, 0) is 18.2 Å². The number of ether oxygens (including phenoxy) is 1. The molecule has 0 N–H and O–H groups in total. The maximum absolute atomic E-state index is 12.7. The third-order valence-electron chi connectivity index (χ3n) is 4.86. The quantitative estimate of drug-likeness (QED) is 0.607. The lowest BCUT2D eigenvalue weighted by molar-refractivity contribution is -0.132. The molecule has 1 aliphatic rings. The van der Waals surface area contributed by atoms with E-state index < -0.39 is 0 Å². The summed E-state index contributed by atoms with van der Waals surface area (Å²) < 4.78 is 6.91. The largest absolute Gasteiger partial charge is 0.495 e. The monoisotopic (exact) mass is 419 g/mol. The van der Waals surface area contributed by atoms with E-state index in [0.29, 0.717) is 29.0 Å². The van der Waals surface area contributed by atoms with Crippen LogP contribution in [0.1, 0.15) is 0 Å². The van der Waals surface area contributed by atoms with Gasteiger partial charge in [0.1, 0.15) is 17.4 Å². The molecule has 3 aromatic rings. The molecular weight excluding hydrogens is 401 g/mol. The molecule has 0 spiro atoms. The van der Waals surface area contributed by atoms with Gasteiger partial charge in [0.2, 0.25) is 5.91 Å². The van der Waals surface area contributed by atoms with E-state index in [-0.39, 0.29) is 12.5 Å². The normalized spacial score (nSPS) is 14.5. The Balaban J connectivity index is 1.39. The summed E-state index contributed by atoms with van der Waals surface area (Å²) >= 11 is 12.2. The zero-order valence-corrected chi connectivity index (χ0v) is 16.8. The first-order valence-corrected chi connectivity index (χ1v) is 9.64. The van der Waals surface area contributed by atoms with Crippen LogP contribution in [0.5, 0.6) is 5.75 Å². The minimum atomic E-state index is 0.0326. The molecule has 3 heterocycles. The summed E-state index contributed by atoms with van der Waals surface area (Å²) in [5, 5.41) is 6.13. The zero-order chi connectivity index (χ0) is 19.7. The summed E-state index contributed by atoms with van der Waals surface area (Å²) in [5.74, 6) is 0.682. The summed E-state index contributed by atoms with van der Waals surface area (Å²) in [6.45, 7) is 2.96. The van der Waals surface area contributed by atoms with E-state index in [1.165, 1.54) is 0 Å². The van der Waals surface area contributed by atoms with Crippen LogP contribution in [0.4, 0.5) is 5.69 Å². The van der Waals surface area contributed by atoms with Crippen LogP contribution in [0.25, 0.3) is 10.9 Å². The number of rotatable bonds is 4. The number of fused-ring (bicyclic) bond motifs is 1. The highest BCUT2D eigenvalue weighted by Gasteiger charge is 2.22. The molecule has 1 aliphatic heterocycles. The minimum Gasteiger partial charge on any atom is -0.495 e. The van der Waals surface area contributed by atoms with Gasteiger partial charge in [0.05, 0.1) is 23.0 Å². The second-order valence-corrected chi connectivity index (χ2v) is 7.31. The number of carbonyl (C=O) groups is 1. The predicted molar refractivity (Wildman–Crippen MR) is 109 cm³/mol. The smallest absolute Gasteiger partial charge is 0.244 e. The molecule has 7 nitrogen and oxygen atoms in total. The highest BCUT2D eigenvalue weighted by Crippen LogP contribution is 2.29. The van der Waals surface area contributed by atoms with Crippen molar-refractivity contribution in [2.45, 2.75) is 6.54 Å². The molecule has 0 radical (unpaired) electrons. The van der Waals surface area contributed by atoms with Crippen LogP contribution < -0.4 is 9.64 Å². The molecule has 1 saturated heterocycles. The van der Waals surface area contributed by atoms with E-state index in [4.69, 9.17) is 27.9 Å². The Labute approximate surface area is 172 Å². The van der Waals surface area contributed by atoms with Crippen molar-refractivity contribution >= 4 is 45.7 Å². The summed E-state index contributed by atoms with van der Waals surface area (Å²) in [5.41, 5.74) is 1.77. The molecule has 4 rings (SSSR count). The van der Waals surface area contributed by atoms with Gasteiger partial charge in [-0.2, -0.15) is 5.10 Å². The van der Waals surface area contributed by atoms with Gasteiger partial charge in [-0.3, -0.25) is 9.48 Å². The number of methoxy groups -OCH3 is 1. The second-order valence-electron chi connectivity index (χ2n) is 6.55. The lowest BCUT2D eigenvalue weighted by atomic mass is 10.2. The Morgan fingerprint density at radius 3 is 2.68 bits per heavy atom. The summed E-state index contributed by atoms with van der Waals surface area (Å²) in [4.78, 5) is 20.8. The number of nitrogens with zero attached hydrogens (tertiary/aromatic N) is 5. The van der Waals surface area contributed by atoms with Gasteiger partial charge < -0.3 is 14.5 Å². The Bertz CT molecular complexity index is 1010. The molecule has 146 valence electrons. The van der Waals surface area contributed by atoms with Crippen molar-refractivity contribution in [2.24, 2.45) is 0 Å². The predicted octanol–water partition coefficient (Wildman–Crippen LogP) is 3.10. The van der Waals surface area contributed by atoms with Crippen molar-refractivity contribution in [1.29, 1.82) is 0 Å². The lowest BCUT2D eigenvalue weighted by Gasteiger charge is -2.36. The molecule has 0 atom stereocenters. The molecular formula is C19H19Cl2N5O2. The fourth-order valence-corrected chi connectivity index (χ4v) is 3.74. The van der Waals surface area contributed by atoms with Gasteiger partial charge in [0.15, 0.2) is 0 Å². The van der Waals surface area contributed by atoms with Crippen LogP contribution in [0.2, 0.25) is 10.2 Å². The fourth-order valence-electron chi connectivity index (χ4n) is 3.34. The van der Waals surface area contributed by atoms with Gasteiger partial charge in [0, 0.05) is 50.3 Å². The number of carbonyl (C=O) groups excluding carboxylic acids is 1. The third kappa shape index (κ3) is 3.72. The topological polar surface area (TPSA) is 63.5 Å². The molecule has 0 saturated carbocycles. The van der Waals surface area contributed by atoms with Crippen molar-refractivity contribution in [2.75, 3.05) is 38.2 Å². The van der Waals surface area contributed by atoms with E-state index in [0.717, 1.165) is 29.7 Å². The Kier molecular flexibility index (Phi) is 5.28. The number of anilines is 1. The Morgan fingerprint density at radius 1 is 1.18 bits per heavy atom. The van der Waals surface area contributed by atoms with Crippen LogP contribution in [0.3, 0.4) is 0 Å². The molecule has 1 amide bonds. The number of benzene rings is 1. The summed E-state index contributed by atoms with van der Waals surface area (Å²) in [7, 11) is 1.60. The number of hydrogen-bond acceptors (Lipinski definition) is 5. The first-order valence-electron chi connectivity index (χ1n) is 8.89. The molecule has 1 fully saturated rings. The molecule has 0 unspecified atom stereocenters. The number of piperazine rings is 1. The molecule has 0 aliphatic carbocycles. The molecule has 9 heteroatoms. The number of hydrogen-bond donors (Lipinski definition) is 0. The third-order valence-corrected chi connectivity index (χ3v) is 5.48. The van der Waals surface area contributed by atoms with Gasteiger partial charge in [-0.25, -0.2) is 4.98 Å². The SMILES string of the molecule is COc1cc(N2CCN(C(=O)Cn3cc4c(Cl)nccc4n3)CC2)ccc1Cl. The summed E-state index contributed by atoms with van der Waals surface area (Å²) in [6, 6.07) is 7.50. The van der Waals surface area contributed by atoms with Gasteiger partial charge >= 0.3 is 0 Å². The van der Waals surface area contributed by atoms with Crippen molar-refractivity contribution in [3.8, 4) is 5.75 Å². The van der Waals surface area contributed by atoms with Crippen LogP contribution >= 0.6 is 23.2 Å². The number of halogens is 2. The second kappa shape index (κ2) is 7.85. The highest BCUT2D eigenvalue weighted by atomic mass is 35.5.